The maximum Gasteiger partial charge on any atom is 0.417 e. The highest BCUT2D eigenvalue weighted by Crippen LogP contribution is 2.29. The van der Waals surface area contributed by atoms with Crippen molar-refractivity contribution in [3.05, 3.63) is 29.6 Å². The second-order valence-corrected chi connectivity index (χ2v) is 6.26. The van der Waals surface area contributed by atoms with Crippen LogP contribution < -0.4 is 5.32 Å². The molecule has 3 heterocycles. The second-order valence-electron chi connectivity index (χ2n) is 6.26. The Kier molecular flexibility index (Phi) is 7.96. The average Bonchev–Trinajstić information content (AvgIpc) is 3.08. The molecule has 2 saturated heterocycles. The van der Waals surface area contributed by atoms with Crippen molar-refractivity contribution in [3.63, 3.8) is 0 Å². The predicted octanol–water partition coefficient (Wildman–Crippen LogP) is 3.55. The van der Waals surface area contributed by atoms with Gasteiger partial charge in [-0.05, 0) is 50.3 Å². The van der Waals surface area contributed by atoms with E-state index < -0.39 is 11.7 Å². The number of hydrogen-bond acceptors (Lipinski definition) is 3. The lowest BCUT2D eigenvalue weighted by molar-refractivity contribution is -0.137. The van der Waals surface area contributed by atoms with Crippen LogP contribution in [-0.4, -0.2) is 41.5 Å². The highest BCUT2D eigenvalue weighted by molar-refractivity contribution is 5.92. The van der Waals surface area contributed by atoms with Gasteiger partial charge in [0.25, 0.3) is 5.91 Å². The number of aromatic nitrogens is 1. The molecule has 25 heavy (non-hydrogen) atoms. The van der Waals surface area contributed by atoms with Gasteiger partial charge in [-0.25, -0.2) is 0 Å². The van der Waals surface area contributed by atoms with E-state index in [1.54, 1.807) is 4.90 Å². The fourth-order valence-corrected chi connectivity index (χ4v) is 3.47. The number of alkyl halides is 3. The average molecular weight is 400 g/mol. The normalized spacial score (nSPS) is 21.4. The third kappa shape index (κ3) is 5.21. The Labute approximate surface area is 157 Å². The van der Waals surface area contributed by atoms with E-state index in [-0.39, 0.29) is 36.4 Å². The molecule has 1 amide bonds. The molecule has 2 aliphatic heterocycles. The van der Waals surface area contributed by atoms with Crippen LogP contribution in [0.5, 0.6) is 0 Å². The Morgan fingerprint density at radius 2 is 1.84 bits per heavy atom. The molecule has 1 atom stereocenters. The Hall–Kier alpha value is -1.05. The summed E-state index contributed by atoms with van der Waals surface area (Å²) in [5.41, 5.74) is -0.754. The summed E-state index contributed by atoms with van der Waals surface area (Å²) in [4.78, 5) is 17.7. The molecule has 1 aromatic rings. The summed E-state index contributed by atoms with van der Waals surface area (Å²) in [7, 11) is 0. The molecule has 1 aromatic heterocycles. The number of hydrogen-bond donors (Lipinski definition) is 1. The number of halogens is 5. The second kappa shape index (κ2) is 9.05. The molecule has 1 unspecified atom stereocenters. The number of amides is 1. The number of pyridine rings is 1. The van der Waals surface area contributed by atoms with Gasteiger partial charge in [0, 0.05) is 25.3 Å². The zero-order valence-electron chi connectivity index (χ0n) is 13.6. The van der Waals surface area contributed by atoms with Gasteiger partial charge in [-0.2, -0.15) is 13.2 Å². The summed E-state index contributed by atoms with van der Waals surface area (Å²) in [6.45, 7) is 2.36. The van der Waals surface area contributed by atoms with Crippen LogP contribution in [0.2, 0.25) is 0 Å². The Morgan fingerprint density at radius 1 is 1.16 bits per heavy atom. The minimum Gasteiger partial charge on any atom is -0.337 e. The third-order valence-corrected chi connectivity index (χ3v) is 4.80. The number of rotatable bonds is 2. The smallest absolute Gasteiger partial charge is 0.337 e. The molecule has 4 nitrogen and oxygen atoms in total. The number of likely N-dealkylation sites (tertiary alicyclic amines) is 1. The van der Waals surface area contributed by atoms with E-state index in [1.807, 2.05) is 0 Å². The van der Waals surface area contributed by atoms with Gasteiger partial charge in [-0.1, -0.05) is 0 Å². The van der Waals surface area contributed by atoms with Gasteiger partial charge in [0.1, 0.15) is 5.69 Å². The number of nitrogens with zero attached hydrogens (tertiary/aromatic N) is 2. The van der Waals surface area contributed by atoms with Gasteiger partial charge in [0.15, 0.2) is 0 Å². The number of carbonyl (C=O) groups excluding carboxylic acids is 1. The molecule has 1 N–H and O–H groups in total. The van der Waals surface area contributed by atoms with Crippen LogP contribution in [0.1, 0.15) is 41.7 Å². The van der Waals surface area contributed by atoms with Crippen LogP contribution in [0.25, 0.3) is 0 Å². The number of carbonyl (C=O) groups is 1. The van der Waals surface area contributed by atoms with E-state index in [2.05, 4.69) is 10.3 Å². The molecular weight excluding hydrogens is 378 g/mol. The summed E-state index contributed by atoms with van der Waals surface area (Å²) >= 11 is 0. The lowest BCUT2D eigenvalue weighted by atomic mass is 9.88. The summed E-state index contributed by atoms with van der Waals surface area (Å²) in [6.07, 6.45) is 0.566. The molecule has 0 bridgehead atoms. The van der Waals surface area contributed by atoms with E-state index in [9.17, 15) is 18.0 Å². The maximum atomic E-state index is 12.5. The van der Waals surface area contributed by atoms with Crippen LogP contribution >= 0.6 is 24.8 Å². The minimum atomic E-state index is -4.43. The van der Waals surface area contributed by atoms with E-state index in [0.717, 1.165) is 37.7 Å². The molecule has 0 spiro atoms. The standard InChI is InChI=1S/C16H20F3N3O.2ClH/c17-16(18,19)12-3-4-14(21-10-12)15(23)22-8-5-11(6-9-22)13-2-1-7-20-13;;/h3-4,10-11,13,20H,1-2,5-9H2;2*1H. The van der Waals surface area contributed by atoms with Gasteiger partial charge >= 0.3 is 6.18 Å². The zero-order valence-corrected chi connectivity index (χ0v) is 15.2. The van der Waals surface area contributed by atoms with Gasteiger partial charge in [-0.15, -0.1) is 24.8 Å². The molecular formula is C16H22Cl2F3N3O. The van der Waals surface area contributed by atoms with Gasteiger partial charge in [0.2, 0.25) is 0 Å². The summed E-state index contributed by atoms with van der Waals surface area (Å²) < 4.78 is 37.6. The van der Waals surface area contributed by atoms with Crippen LogP contribution in [-0.2, 0) is 6.18 Å². The van der Waals surface area contributed by atoms with Gasteiger partial charge in [0.05, 0.1) is 5.56 Å². The van der Waals surface area contributed by atoms with Gasteiger partial charge < -0.3 is 10.2 Å². The molecule has 142 valence electrons. The topological polar surface area (TPSA) is 45.2 Å². The lowest BCUT2D eigenvalue weighted by Gasteiger charge is -2.34. The highest BCUT2D eigenvalue weighted by atomic mass is 35.5. The van der Waals surface area contributed by atoms with E-state index in [1.165, 1.54) is 12.8 Å². The summed E-state index contributed by atoms with van der Waals surface area (Å²) in [6, 6.07) is 2.63. The Morgan fingerprint density at radius 3 is 2.32 bits per heavy atom. The van der Waals surface area contributed by atoms with Crippen molar-refractivity contribution in [1.82, 2.24) is 15.2 Å². The molecule has 0 aliphatic carbocycles. The van der Waals surface area contributed by atoms with Crippen molar-refractivity contribution in [2.45, 2.75) is 37.9 Å². The van der Waals surface area contributed by atoms with Crippen LogP contribution in [0.4, 0.5) is 13.2 Å². The van der Waals surface area contributed by atoms with Crippen molar-refractivity contribution < 1.29 is 18.0 Å². The quantitative estimate of drug-likeness (QED) is 0.826. The third-order valence-electron chi connectivity index (χ3n) is 4.80. The van der Waals surface area contributed by atoms with Crippen molar-refractivity contribution in [2.75, 3.05) is 19.6 Å². The fourth-order valence-electron chi connectivity index (χ4n) is 3.47. The van der Waals surface area contributed by atoms with Crippen LogP contribution in [0.3, 0.4) is 0 Å². The predicted molar refractivity (Wildman–Crippen MR) is 93.4 cm³/mol. The first-order chi connectivity index (χ1) is 10.9. The monoisotopic (exact) mass is 399 g/mol. The molecule has 0 radical (unpaired) electrons. The number of nitrogens with one attached hydrogen (secondary N) is 1. The first-order valence-electron chi connectivity index (χ1n) is 8.01. The molecule has 0 aromatic carbocycles. The SMILES string of the molecule is Cl.Cl.O=C(c1ccc(C(F)(F)F)cn1)N1CCC(C2CCCN2)CC1. The molecule has 9 heteroatoms. The first kappa shape index (κ1) is 22.0. The molecule has 0 saturated carbocycles. The van der Waals surface area contributed by atoms with E-state index in [0.29, 0.717) is 25.0 Å². The van der Waals surface area contributed by atoms with Crippen molar-refractivity contribution in [2.24, 2.45) is 5.92 Å². The fraction of sp³-hybridized carbons (Fsp3) is 0.625. The highest BCUT2D eigenvalue weighted by Gasteiger charge is 2.32. The van der Waals surface area contributed by atoms with Crippen molar-refractivity contribution in [1.29, 1.82) is 0 Å². The minimum absolute atomic E-state index is 0. The van der Waals surface area contributed by atoms with E-state index >= 15 is 0 Å². The summed E-state index contributed by atoms with van der Waals surface area (Å²) in [5, 5.41) is 3.50. The van der Waals surface area contributed by atoms with E-state index in [4.69, 9.17) is 0 Å². The number of piperidine rings is 1. The maximum absolute atomic E-state index is 12.5. The lowest BCUT2D eigenvalue weighted by Crippen LogP contribution is -2.43. The molecule has 3 rings (SSSR count). The Balaban J connectivity index is 0.00000156. The summed E-state index contributed by atoms with van der Waals surface area (Å²) in [5.74, 6) is 0.304. The van der Waals surface area contributed by atoms with Crippen molar-refractivity contribution >= 4 is 30.7 Å². The van der Waals surface area contributed by atoms with Crippen molar-refractivity contribution in [3.8, 4) is 0 Å². The molecule has 2 fully saturated rings. The first-order valence-corrected chi connectivity index (χ1v) is 8.01. The Bertz CT molecular complexity index is 555. The zero-order chi connectivity index (χ0) is 16.4. The van der Waals surface area contributed by atoms with Crippen LogP contribution in [0.15, 0.2) is 18.3 Å². The van der Waals surface area contributed by atoms with Crippen LogP contribution in [0, 0.1) is 5.92 Å². The van der Waals surface area contributed by atoms with Gasteiger partial charge in [-0.3, -0.25) is 9.78 Å². The molecule has 2 aliphatic rings. The largest absolute Gasteiger partial charge is 0.417 e.